The average molecular weight is 285 g/mol. The predicted octanol–water partition coefficient (Wildman–Crippen LogP) is 1.47. The van der Waals surface area contributed by atoms with Crippen LogP contribution in [-0.4, -0.2) is 23.6 Å². The highest BCUT2D eigenvalue weighted by Crippen LogP contribution is 2.24. The smallest absolute Gasteiger partial charge is 0.158 e. The molecule has 0 amide bonds. The van der Waals surface area contributed by atoms with Gasteiger partial charge in [0.1, 0.15) is 18.2 Å². The Bertz CT molecular complexity index is 631. The number of fused-ring (bicyclic) bond motifs is 1. The highest BCUT2D eigenvalue weighted by Gasteiger charge is 2.18. The van der Waals surface area contributed by atoms with Crippen LogP contribution in [-0.2, 0) is 24.3 Å². The second kappa shape index (κ2) is 6.07. The molecule has 3 N–H and O–H groups in total. The summed E-state index contributed by atoms with van der Waals surface area (Å²) in [4.78, 5) is 11.1. The fraction of sp³-hybridized carbons (Fsp3) is 0.333. The van der Waals surface area contributed by atoms with Crippen LogP contribution in [0.3, 0.4) is 0 Å². The topological polar surface area (TPSA) is 76.3 Å². The molecule has 0 unspecified atom stereocenters. The second-order valence-corrected chi connectivity index (χ2v) is 5.05. The number of nitrogens with one attached hydrogen (secondary N) is 1. The predicted molar refractivity (Wildman–Crippen MR) is 81.8 cm³/mol. The fourth-order valence-corrected chi connectivity index (χ4v) is 2.60. The molecule has 2 aromatic rings. The lowest BCUT2D eigenvalue weighted by atomic mass is 10.00. The van der Waals surface area contributed by atoms with Gasteiger partial charge in [-0.2, -0.15) is 0 Å². The number of anilines is 2. The maximum absolute atomic E-state index is 5.49. The summed E-state index contributed by atoms with van der Waals surface area (Å²) >= 11 is 0. The van der Waals surface area contributed by atoms with Crippen molar-refractivity contribution in [1.29, 1.82) is 0 Å². The third-order valence-corrected chi connectivity index (χ3v) is 3.63. The van der Waals surface area contributed by atoms with Gasteiger partial charge in [-0.1, -0.05) is 24.3 Å². The molecule has 0 saturated heterocycles. The second-order valence-electron chi connectivity index (χ2n) is 5.05. The Hall–Kier alpha value is -2.18. The van der Waals surface area contributed by atoms with Crippen molar-refractivity contribution in [3.63, 3.8) is 0 Å². The van der Waals surface area contributed by atoms with Crippen molar-refractivity contribution >= 4 is 11.6 Å². The van der Waals surface area contributed by atoms with Gasteiger partial charge in [-0.05, 0) is 17.5 Å². The number of nitrogens with zero attached hydrogens (tertiary/aromatic N) is 3. The summed E-state index contributed by atoms with van der Waals surface area (Å²) in [5.74, 6) is 7.59. The number of methoxy groups -OCH3 is 1. The molecular weight excluding hydrogens is 266 g/mol. The number of rotatable bonds is 4. The maximum atomic E-state index is 5.49. The van der Waals surface area contributed by atoms with E-state index in [9.17, 15) is 0 Å². The molecule has 0 bridgehead atoms. The molecule has 6 nitrogen and oxygen atoms in total. The summed E-state index contributed by atoms with van der Waals surface area (Å²) in [7, 11) is 1.63. The Balaban J connectivity index is 1.89. The number of ether oxygens (including phenoxy) is 1. The van der Waals surface area contributed by atoms with Gasteiger partial charge in [0.2, 0.25) is 0 Å². The van der Waals surface area contributed by atoms with Gasteiger partial charge in [0.05, 0.1) is 0 Å². The number of hydrogen-bond donors (Lipinski definition) is 2. The molecule has 1 aromatic heterocycles. The van der Waals surface area contributed by atoms with Crippen molar-refractivity contribution in [3.8, 4) is 0 Å². The first-order valence-electron chi connectivity index (χ1n) is 6.95. The van der Waals surface area contributed by atoms with Crippen molar-refractivity contribution in [2.24, 2.45) is 5.84 Å². The van der Waals surface area contributed by atoms with Crippen LogP contribution in [0.15, 0.2) is 30.3 Å². The Morgan fingerprint density at radius 3 is 2.86 bits per heavy atom. The number of aromatic nitrogens is 2. The van der Waals surface area contributed by atoms with E-state index >= 15 is 0 Å². The quantitative estimate of drug-likeness (QED) is 0.654. The van der Waals surface area contributed by atoms with Gasteiger partial charge in [0, 0.05) is 26.3 Å². The molecule has 1 aliphatic rings. The van der Waals surface area contributed by atoms with Gasteiger partial charge in [-0.3, -0.25) is 0 Å². The molecule has 0 fully saturated rings. The van der Waals surface area contributed by atoms with E-state index in [0.717, 1.165) is 25.3 Å². The van der Waals surface area contributed by atoms with Crippen LogP contribution in [0.25, 0.3) is 0 Å². The highest BCUT2D eigenvalue weighted by molar-refractivity contribution is 5.51. The summed E-state index contributed by atoms with van der Waals surface area (Å²) in [6.07, 6.45) is 1.02. The molecule has 0 radical (unpaired) electrons. The SMILES string of the molecule is COCc1nc(NN)cc(N2CCc3ccccc3C2)n1. The molecule has 0 atom stereocenters. The van der Waals surface area contributed by atoms with E-state index in [1.807, 2.05) is 6.07 Å². The van der Waals surface area contributed by atoms with E-state index in [2.05, 4.69) is 44.6 Å². The van der Waals surface area contributed by atoms with E-state index in [1.54, 1.807) is 7.11 Å². The molecule has 1 aliphatic heterocycles. The maximum Gasteiger partial charge on any atom is 0.158 e. The van der Waals surface area contributed by atoms with Crippen LogP contribution in [0.5, 0.6) is 0 Å². The number of nitrogens with two attached hydrogens (primary N) is 1. The Morgan fingerprint density at radius 1 is 1.29 bits per heavy atom. The largest absolute Gasteiger partial charge is 0.377 e. The first-order chi connectivity index (χ1) is 10.3. The fourth-order valence-electron chi connectivity index (χ4n) is 2.60. The van der Waals surface area contributed by atoms with Gasteiger partial charge >= 0.3 is 0 Å². The van der Waals surface area contributed by atoms with Crippen molar-refractivity contribution in [2.45, 2.75) is 19.6 Å². The van der Waals surface area contributed by atoms with Crippen LogP contribution in [0, 0.1) is 0 Å². The minimum atomic E-state index is 0.368. The van der Waals surface area contributed by atoms with Gasteiger partial charge in [0.25, 0.3) is 0 Å². The van der Waals surface area contributed by atoms with Crippen LogP contribution in [0.4, 0.5) is 11.6 Å². The van der Waals surface area contributed by atoms with E-state index in [-0.39, 0.29) is 0 Å². The van der Waals surface area contributed by atoms with Crippen molar-refractivity contribution < 1.29 is 4.74 Å². The zero-order chi connectivity index (χ0) is 14.7. The summed E-state index contributed by atoms with van der Waals surface area (Å²) in [5, 5.41) is 0. The van der Waals surface area contributed by atoms with Crippen LogP contribution in [0.2, 0.25) is 0 Å². The number of hydrazine groups is 1. The Labute approximate surface area is 123 Å². The third-order valence-electron chi connectivity index (χ3n) is 3.63. The first-order valence-corrected chi connectivity index (χ1v) is 6.95. The Kier molecular flexibility index (Phi) is 3.98. The monoisotopic (exact) mass is 285 g/mol. The molecule has 2 heterocycles. The molecule has 110 valence electrons. The summed E-state index contributed by atoms with van der Waals surface area (Å²) in [6, 6.07) is 10.4. The standard InChI is InChI=1S/C15H19N5O/c1-21-10-14-17-13(19-16)8-15(18-14)20-7-6-11-4-2-3-5-12(11)9-20/h2-5,8H,6-7,9-10,16H2,1H3,(H,17,18,19). The van der Waals surface area contributed by atoms with Crippen molar-refractivity contribution in [2.75, 3.05) is 24.0 Å². The van der Waals surface area contributed by atoms with Crippen LogP contribution in [0.1, 0.15) is 17.0 Å². The molecule has 1 aromatic carbocycles. The van der Waals surface area contributed by atoms with Crippen molar-refractivity contribution in [3.05, 3.63) is 47.3 Å². The van der Waals surface area contributed by atoms with Gasteiger partial charge in [-0.15, -0.1) is 0 Å². The van der Waals surface area contributed by atoms with Gasteiger partial charge in [0.15, 0.2) is 5.82 Å². The molecule has 6 heteroatoms. The zero-order valence-electron chi connectivity index (χ0n) is 12.0. The summed E-state index contributed by atoms with van der Waals surface area (Å²) < 4.78 is 5.11. The molecule has 0 aliphatic carbocycles. The summed E-state index contributed by atoms with van der Waals surface area (Å²) in [5.41, 5.74) is 5.35. The Morgan fingerprint density at radius 2 is 2.10 bits per heavy atom. The van der Waals surface area contributed by atoms with E-state index in [0.29, 0.717) is 18.2 Å². The van der Waals surface area contributed by atoms with Gasteiger partial charge in [-0.25, -0.2) is 15.8 Å². The molecule has 0 spiro atoms. The minimum Gasteiger partial charge on any atom is -0.377 e. The number of benzene rings is 1. The first kappa shape index (κ1) is 13.8. The molecule has 21 heavy (non-hydrogen) atoms. The lowest BCUT2D eigenvalue weighted by Crippen LogP contribution is -2.31. The van der Waals surface area contributed by atoms with E-state index in [1.165, 1.54) is 11.1 Å². The van der Waals surface area contributed by atoms with E-state index < -0.39 is 0 Å². The normalized spacial score (nSPS) is 13.9. The van der Waals surface area contributed by atoms with Gasteiger partial charge < -0.3 is 15.1 Å². The van der Waals surface area contributed by atoms with Crippen molar-refractivity contribution in [1.82, 2.24) is 9.97 Å². The average Bonchev–Trinajstić information content (AvgIpc) is 2.54. The van der Waals surface area contributed by atoms with E-state index in [4.69, 9.17) is 10.6 Å². The highest BCUT2D eigenvalue weighted by atomic mass is 16.5. The molecule has 3 rings (SSSR count). The number of nitrogen functional groups attached to an aromatic ring is 1. The summed E-state index contributed by atoms with van der Waals surface area (Å²) in [6.45, 7) is 2.15. The van der Waals surface area contributed by atoms with Crippen LogP contribution < -0.4 is 16.2 Å². The van der Waals surface area contributed by atoms with Crippen LogP contribution >= 0.6 is 0 Å². The molecule has 0 saturated carbocycles. The minimum absolute atomic E-state index is 0.368. The number of hydrogen-bond acceptors (Lipinski definition) is 6. The lowest BCUT2D eigenvalue weighted by molar-refractivity contribution is 0.178. The molecular formula is C15H19N5O. The lowest BCUT2D eigenvalue weighted by Gasteiger charge is -2.30. The zero-order valence-corrected chi connectivity index (χ0v) is 12.0. The third kappa shape index (κ3) is 2.96.